The molecule has 2 heterocycles. The smallest absolute Gasteiger partial charge is 0.0708 e. The summed E-state index contributed by atoms with van der Waals surface area (Å²) < 4.78 is 1.37. The van der Waals surface area contributed by atoms with Crippen LogP contribution in [0.1, 0.15) is 45.7 Å². The lowest BCUT2D eigenvalue weighted by molar-refractivity contribution is 0.596. The lowest BCUT2D eigenvalue weighted by atomic mass is 9.82. The fraction of sp³-hybridized carbons (Fsp3) is 0.258. The molecule has 0 saturated heterocycles. The molecule has 0 N–H and O–H groups in total. The highest BCUT2D eigenvalue weighted by Crippen LogP contribution is 2.36. The highest BCUT2D eigenvalue weighted by atomic mass is 32.1. The van der Waals surface area contributed by atoms with Crippen LogP contribution in [0, 0.1) is 5.92 Å². The second kappa shape index (κ2) is 8.43. The quantitative estimate of drug-likeness (QED) is 0.266. The number of hydrogen-bond acceptors (Lipinski definition) is 2. The molecule has 0 bridgehead atoms. The van der Waals surface area contributed by atoms with Crippen molar-refractivity contribution < 1.29 is 0 Å². The van der Waals surface area contributed by atoms with Gasteiger partial charge in [0.25, 0.3) is 0 Å². The van der Waals surface area contributed by atoms with E-state index in [4.69, 9.17) is 4.98 Å². The number of hydrogen-bond donors (Lipinski definition) is 0. The van der Waals surface area contributed by atoms with E-state index in [1.165, 1.54) is 48.7 Å². The van der Waals surface area contributed by atoms with Crippen LogP contribution >= 0.6 is 11.3 Å². The molecule has 0 saturated carbocycles. The minimum absolute atomic E-state index is 0.0595. The summed E-state index contributed by atoms with van der Waals surface area (Å²) in [5.74, 6) is 0.656. The lowest BCUT2D eigenvalue weighted by Crippen LogP contribution is -2.12. The van der Waals surface area contributed by atoms with E-state index in [2.05, 4.69) is 107 Å². The zero-order chi connectivity index (χ0) is 23.2. The highest BCUT2D eigenvalue weighted by Gasteiger charge is 2.19. The van der Waals surface area contributed by atoms with Crippen LogP contribution in [0.3, 0.4) is 0 Å². The van der Waals surface area contributed by atoms with E-state index in [9.17, 15) is 0 Å². The molecule has 33 heavy (non-hydrogen) atoms. The number of nitrogens with zero attached hydrogens (tertiary/aromatic N) is 1. The lowest BCUT2D eigenvalue weighted by Gasteiger charge is -2.22. The van der Waals surface area contributed by atoms with E-state index in [1.54, 1.807) is 0 Å². The average Bonchev–Trinajstić information content (AvgIpc) is 3.19. The molecule has 166 valence electrons. The Hall–Kier alpha value is -2.97. The van der Waals surface area contributed by atoms with Gasteiger partial charge in [-0.25, -0.2) is 0 Å². The molecule has 0 radical (unpaired) electrons. The average molecular weight is 450 g/mol. The molecule has 5 rings (SSSR count). The second-order valence-electron chi connectivity index (χ2n) is 10.5. The molecular formula is C31H31NS. The molecule has 0 amide bonds. The van der Waals surface area contributed by atoms with Crippen molar-refractivity contribution in [1.29, 1.82) is 0 Å². The molecule has 0 aliphatic heterocycles. The van der Waals surface area contributed by atoms with E-state index in [0.29, 0.717) is 5.92 Å². The van der Waals surface area contributed by atoms with Crippen LogP contribution in [0.2, 0.25) is 0 Å². The fourth-order valence-electron chi connectivity index (χ4n) is 4.71. The maximum absolute atomic E-state index is 4.78. The molecule has 0 aliphatic carbocycles. The number of rotatable bonds is 4. The molecule has 2 aromatic heterocycles. The standard InChI is InChI=1S/C31H31NS/c1-20(2)14-25-19-33-30-11-10-21(16-27(25)30)22-12-13-32-29(18-22)24-15-23-8-6-7-9-26(23)28(17-24)31(3,4)5/h6-13,15-20H,14H2,1-5H3. The van der Waals surface area contributed by atoms with Gasteiger partial charge in [0.15, 0.2) is 0 Å². The summed E-state index contributed by atoms with van der Waals surface area (Å²) in [4.78, 5) is 4.78. The summed E-state index contributed by atoms with van der Waals surface area (Å²) >= 11 is 1.85. The normalized spacial score (nSPS) is 12.2. The summed E-state index contributed by atoms with van der Waals surface area (Å²) in [6.45, 7) is 11.4. The zero-order valence-corrected chi connectivity index (χ0v) is 21.0. The molecular weight excluding hydrogens is 418 g/mol. The topological polar surface area (TPSA) is 12.9 Å². The SMILES string of the molecule is CC(C)Cc1csc2ccc(-c3ccnc(-c4cc(C(C)(C)C)c5ccccc5c4)c3)cc12. The third kappa shape index (κ3) is 4.32. The maximum Gasteiger partial charge on any atom is 0.0708 e. The van der Waals surface area contributed by atoms with Gasteiger partial charge in [0.05, 0.1) is 5.69 Å². The van der Waals surface area contributed by atoms with Gasteiger partial charge in [-0.15, -0.1) is 11.3 Å². The summed E-state index contributed by atoms with van der Waals surface area (Å²) in [5, 5.41) is 6.32. The Morgan fingerprint density at radius 1 is 0.818 bits per heavy atom. The fourth-order valence-corrected chi connectivity index (χ4v) is 5.66. The first kappa shape index (κ1) is 21.9. The van der Waals surface area contributed by atoms with Crippen molar-refractivity contribution >= 4 is 32.2 Å². The van der Waals surface area contributed by atoms with Gasteiger partial charge in [-0.1, -0.05) is 65.0 Å². The summed E-state index contributed by atoms with van der Waals surface area (Å²) in [6.07, 6.45) is 3.07. The van der Waals surface area contributed by atoms with Gasteiger partial charge < -0.3 is 0 Å². The second-order valence-corrected chi connectivity index (χ2v) is 11.4. The number of pyridine rings is 1. The molecule has 0 atom stereocenters. The maximum atomic E-state index is 4.78. The van der Waals surface area contributed by atoms with Crippen LogP contribution in [-0.2, 0) is 11.8 Å². The van der Waals surface area contributed by atoms with Crippen molar-refractivity contribution in [3.8, 4) is 22.4 Å². The Labute approximate surface area is 201 Å². The third-order valence-corrected chi connectivity index (χ3v) is 7.35. The minimum Gasteiger partial charge on any atom is -0.256 e. The van der Waals surface area contributed by atoms with Crippen molar-refractivity contribution in [2.24, 2.45) is 5.92 Å². The van der Waals surface area contributed by atoms with Gasteiger partial charge in [0, 0.05) is 16.5 Å². The molecule has 0 fully saturated rings. The molecule has 0 unspecified atom stereocenters. The summed E-state index contributed by atoms with van der Waals surface area (Å²) in [6, 6.07) is 24.5. The molecule has 1 nitrogen and oxygen atoms in total. The van der Waals surface area contributed by atoms with Crippen molar-refractivity contribution in [2.75, 3.05) is 0 Å². The molecule has 3 aromatic carbocycles. The Morgan fingerprint density at radius 3 is 2.39 bits per heavy atom. The van der Waals surface area contributed by atoms with Crippen molar-refractivity contribution in [3.05, 3.63) is 89.4 Å². The van der Waals surface area contributed by atoms with Gasteiger partial charge in [0.1, 0.15) is 0 Å². The highest BCUT2D eigenvalue weighted by molar-refractivity contribution is 7.17. The van der Waals surface area contributed by atoms with E-state index in [1.807, 2.05) is 17.5 Å². The first-order valence-electron chi connectivity index (χ1n) is 11.8. The van der Waals surface area contributed by atoms with Crippen molar-refractivity contribution in [3.63, 3.8) is 0 Å². The van der Waals surface area contributed by atoms with Crippen LogP contribution in [0.15, 0.2) is 78.3 Å². The Bertz CT molecular complexity index is 1450. The van der Waals surface area contributed by atoms with E-state index in [-0.39, 0.29) is 5.41 Å². The van der Waals surface area contributed by atoms with Crippen LogP contribution in [-0.4, -0.2) is 4.98 Å². The van der Waals surface area contributed by atoms with Crippen LogP contribution in [0.25, 0.3) is 43.2 Å². The number of aromatic nitrogens is 1. The Kier molecular flexibility index (Phi) is 5.58. The van der Waals surface area contributed by atoms with Crippen molar-refractivity contribution in [1.82, 2.24) is 4.98 Å². The Balaban J connectivity index is 1.61. The number of fused-ring (bicyclic) bond motifs is 2. The monoisotopic (exact) mass is 449 g/mol. The van der Waals surface area contributed by atoms with Crippen molar-refractivity contribution in [2.45, 2.75) is 46.5 Å². The first-order valence-corrected chi connectivity index (χ1v) is 12.7. The predicted molar refractivity (Wildman–Crippen MR) is 145 cm³/mol. The van der Waals surface area contributed by atoms with E-state index < -0.39 is 0 Å². The van der Waals surface area contributed by atoms with E-state index in [0.717, 1.165) is 12.1 Å². The third-order valence-electron chi connectivity index (χ3n) is 6.34. The first-order chi connectivity index (χ1) is 15.8. The minimum atomic E-state index is 0.0595. The molecule has 2 heteroatoms. The van der Waals surface area contributed by atoms with E-state index >= 15 is 0 Å². The van der Waals surface area contributed by atoms with Crippen LogP contribution in [0.5, 0.6) is 0 Å². The van der Waals surface area contributed by atoms with Crippen LogP contribution in [0.4, 0.5) is 0 Å². The van der Waals surface area contributed by atoms with Gasteiger partial charge in [0.2, 0.25) is 0 Å². The predicted octanol–water partition coefficient (Wildman–Crippen LogP) is 9.28. The van der Waals surface area contributed by atoms with Gasteiger partial charge in [-0.05, 0) is 97.9 Å². The number of thiophene rings is 1. The van der Waals surface area contributed by atoms with Gasteiger partial charge in [-0.2, -0.15) is 0 Å². The number of benzene rings is 3. The molecule has 0 aliphatic rings. The largest absolute Gasteiger partial charge is 0.256 e. The molecule has 5 aromatic rings. The van der Waals surface area contributed by atoms with Gasteiger partial charge in [-0.3, -0.25) is 4.98 Å². The zero-order valence-electron chi connectivity index (χ0n) is 20.1. The van der Waals surface area contributed by atoms with Gasteiger partial charge >= 0.3 is 0 Å². The molecule has 0 spiro atoms. The Morgan fingerprint density at radius 2 is 1.61 bits per heavy atom. The van der Waals surface area contributed by atoms with Crippen LogP contribution < -0.4 is 0 Å². The summed E-state index contributed by atoms with van der Waals surface area (Å²) in [5.41, 5.74) is 7.56. The summed E-state index contributed by atoms with van der Waals surface area (Å²) in [7, 11) is 0.